The Hall–Kier alpha value is -1.38. The zero-order valence-corrected chi connectivity index (χ0v) is 6.69. The Morgan fingerprint density at radius 1 is 1.36 bits per heavy atom. The molecule has 0 radical (unpaired) electrons. The molecule has 1 aromatic heterocycles. The maximum atomic E-state index is 10.0. The van der Waals surface area contributed by atoms with E-state index in [0.29, 0.717) is 5.56 Å². The van der Waals surface area contributed by atoms with Gasteiger partial charge >= 0.3 is 0 Å². The second kappa shape index (κ2) is 5.41. The smallest absolute Gasteiger partial charge is 0.222 e. The van der Waals surface area contributed by atoms with Crippen LogP contribution >= 0.6 is 0 Å². The molecule has 0 aliphatic heterocycles. The highest BCUT2D eigenvalue weighted by molar-refractivity contribution is 5.73. The molecule has 0 saturated heterocycles. The Morgan fingerprint density at radius 3 is 2.18 bits per heavy atom. The van der Waals surface area contributed by atoms with Crippen molar-refractivity contribution in [3.8, 4) is 0 Å². The molecule has 60 valence electrons. The molecule has 0 aliphatic rings. The van der Waals surface area contributed by atoms with E-state index in [1.807, 2.05) is 13.8 Å². The number of pyridine rings is 1. The van der Waals surface area contributed by atoms with Crippen LogP contribution in [0.25, 0.3) is 0 Å². The van der Waals surface area contributed by atoms with Gasteiger partial charge in [-0.15, -0.1) is 0 Å². The third-order valence-corrected chi connectivity index (χ3v) is 0.976. The molecule has 11 heavy (non-hydrogen) atoms. The number of hydrogen-bond acceptors (Lipinski definition) is 2. The minimum Gasteiger partial charge on any atom is -0.298 e. The Morgan fingerprint density at radius 2 is 1.82 bits per heavy atom. The van der Waals surface area contributed by atoms with Gasteiger partial charge < -0.3 is 0 Å². The first kappa shape index (κ1) is 9.62. The minimum absolute atomic E-state index is 0.556. The molecule has 1 aromatic rings. The van der Waals surface area contributed by atoms with Gasteiger partial charge in [0, 0.05) is 22.4 Å². The summed E-state index contributed by atoms with van der Waals surface area (Å²) in [4.78, 5) is 10.0. The summed E-state index contributed by atoms with van der Waals surface area (Å²) in [7, 11) is 0. The number of nitrogens with zero attached hydrogens (tertiary/aromatic N) is 1. The van der Waals surface area contributed by atoms with E-state index in [9.17, 15) is 4.79 Å². The lowest BCUT2D eigenvalue weighted by atomic mass is 10.3. The standard InChI is InChI=1S/C6H6NO2.C2H6/c8-5-6-1-3-7(9)4-2-6;1-2/h1-5,9H;1-2H3/q+1;. The molecular formula is C8H12NO2+. The summed E-state index contributed by atoms with van der Waals surface area (Å²) in [6.45, 7) is 4.00. The largest absolute Gasteiger partial charge is 0.298 e. The van der Waals surface area contributed by atoms with Gasteiger partial charge in [0.2, 0.25) is 12.4 Å². The third kappa shape index (κ3) is 3.35. The topological polar surface area (TPSA) is 41.2 Å². The van der Waals surface area contributed by atoms with E-state index in [1.54, 1.807) is 0 Å². The van der Waals surface area contributed by atoms with E-state index in [4.69, 9.17) is 5.21 Å². The molecule has 0 unspecified atom stereocenters. The molecule has 0 amide bonds. The van der Waals surface area contributed by atoms with Crippen molar-refractivity contribution in [2.45, 2.75) is 13.8 Å². The highest BCUT2D eigenvalue weighted by Gasteiger charge is 1.93. The van der Waals surface area contributed by atoms with Crippen molar-refractivity contribution in [1.82, 2.24) is 0 Å². The predicted octanol–water partition coefficient (Wildman–Crippen LogP) is 1.05. The quantitative estimate of drug-likeness (QED) is 0.373. The molecule has 1 rings (SSSR count). The van der Waals surface area contributed by atoms with Gasteiger partial charge in [0.25, 0.3) is 0 Å². The highest BCUT2D eigenvalue weighted by Crippen LogP contribution is 1.86. The highest BCUT2D eigenvalue weighted by atomic mass is 16.5. The number of carbonyl (C=O) groups excluding carboxylic acids is 1. The maximum absolute atomic E-state index is 10.0. The average Bonchev–Trinajstić information content (AvgIpc) is 2.10. The molecule has 0 atom stereocenters. The molecule has 0 bridgehead atoms. The van der Waals surface area contributed by atoms with E-state index >= 15 is 0 Å². The molecule has 0 fully saturated rings. The molecule has 0 aliphatic carbocycles. The van der Waals surface area contributed by atoms with Gasteiger partial charge in [0.15, 0.2) is 6.29 Å². The molecule has 3 nitrogen and oxygen atoms in total. The van der Waals surface area contributed by atoms with Gasteiger partial charge in [-0.2, -0.15) is 0 Å². The fourth-order valence-corrected chi connectivity index (χ4v) is 0.509. The van der Waals surface area contributed by atoms with Crippen LogP contribution in [0.1, 0.15) is 24.2 Å². The molecular weight excluding hydrogens is 142 g/mol. The lowest BCUT2D eigenvalue weighted by Crippen LogP contribution is -2.27. The second-order valence-corrected chi connectivity index (χ2v) is 1.63. The van der Waals surface area contributed by atoms with Crippen LogP contribution in [0.15, 0.2) is 24.5 Å². The van der Waals surface area contributed by atoms with Crippen LogP contribution in [0.3, 0.4) is 0 Å². The molecule has 3 heteroatoms. The number of hydrogen-bond donors (Lipinski definition) is 1. The van der Waals surface area contributed by atoms with Crippen LogP contribution in [0.2, 0.25) is 0 Å². The number of carbonyl (C=O) groups is 1. The molecule has 0 aromatic carbocycles. The second-order valence-electron chi connectivity index (χ2n) is 1.63. The summed E-state index contributed by atoms with van der Waals surface area (Å²) in [5, 5.41) is 8.65. The van der Waals surface area contributed by atoms with Gasteiger partial charge in [-0.1, -0.05) is 13.8 Å². The predicted molar refractivity (Wildman–Crippen MR) is 40.6 cm³/mol. The lowest BCUT2D eigenvalue weighted by molar-refractivity contribution is -0.904. The Balaban J connectivity index is 0.000000461. The van der Waals surface area contributed by atoms with Crippen LogP contribution in [-0.4, -0.2) is 11.5 Å². The van der Waals surface area contributed by atoms with Crippen LogP contribution < -0.4 is 4.73 Å². The number of rotatable bonds is 1. The molecule has 1 N–H and O–H groups in total. The van der Waals surface area contributed by atoms with Crippen molar-refractivity contribution >= 4 is 6.29 Å². The van der Waals surface area contributed by atoms with E-state index in [2.05, 4.69) is 0 Å². The van der Waals surface area contributed by atoms with Crippen molar-refractivity contribution in [3.63, 3.8) is 0 Å². The van der Waals surface area contributed by atoms with Crippen LogP contribution in [0.5, 0.6) is 0 Å². The minimum atomic E-state index is 0.556. The fraction of sp³-hybridized carbons (Fsp3) is 0.250. The van der Waals surface area contributed by atoms with Gasteiger partial charge in [-0.25, -0.2) is 0 Å². The summed E-state index contributed by atoms with van der Waals surface area (Å²) in [5.74, 6) is 0. The lowest BCUT2D eigenvalue weighted by Gasteiger charge is -1.81. The average molecular weight is 154 g/mol. The van der Waals surface area contributed by atoms with E-state index in [0.717, 1.165) is 11.0 Å². The van der Waals surface area contributed by atoms with Crippen molar-refractivity contribution in [1.29, 1.82) is 0 Å². The number of aldehydes is 1. The molecule has 0 spiro atoms. The van der Waals surface area contributed by atoms with Crippen molar-refractivity contribution in [2.24, 2.45) is 0 Å². The molecule has 0 saturated carbocycles. The van der Waals surface area contributed by atoms with Crippen LogP contribution in [0, 0.1) is 0 Å². The Bertz CT molecular complexity index is 206. The number of aromatic nitrogens is 1. The summed E-state index contributed by atoms with van der Waals surface area (Å²) < 4.78 is 0.882. The third-order valence-electron chi connectivity index (χ3n) is 0.976. The first-order valence-corrected chi connectivity index (χ1v) is 3.48. The SMILES string of the molecule is CC.O=Cc1cc[n+](O)cc1. The van der Waals surface area contributed by atoms with E-state index in [1.165, 1.54) is 24.5 Å². The zero-order chi connectivity index (χ0) is 8.69. The van der Waals surface area contributed by atoms with Crippen molar-refractivity contribution in [2.75, 3.05) is 0 Å². The van der Waals surface area contributed by atoms with Crippen molar-refractivity contribution < 1.29 is 14.7 Å². The Kier molecular flexibility index (Phi) is 4.73. The molecule has 1 heterocycles. The first-order chi connectivity index (χ1) is 5.33. The van der Waals surface area contributed by atoms with Gasteiger partial charge in [0.1, 0.15) is 0 Å². The summed E-state index contributed by atoms with van der Waals surface area (Å²) in [6, 6.07) is 3.04. The summed E-state index contributed by atoms with van der Waals surface area (Å²) in [5.41, 5.74) is 0.556. The summed E-state index contributed by atoms with van der Waals surface area (Å²) >= 11 is 0. The Labute approximate surface area is 65.9 Å². The summed E-state index contributed by atoms with van der Waals surface area (Å²) in [6.07, 6.45) is 3.51. The van der Waals surface area contributed by atoms with Crippen molar-refractivity contribution in [3.05, 3.63) is 30.1 Å². The van der Waals surface area contributed by atoms with Crippen LogP contribution in [0.4, 0.5) is 0 Å². The fourth-order valence-electron chi connectivity index (χ4n) is 0.509. The van der Waals surface area contributed by atoms with Gasteiger partial charge in [-0.05, 0) is 0 Å². The van der Waals surface area contributed by atoms with E-state index < -0.39 is 0 Å². The normalized spacial score (nSPS) is 7.82. The maximum Gasteiger partial charge on any atom is 0.222 e. The first-order valence-electron chi connectivity index (χ1n) is 3.48. The van der Waals surface area contributed by atoms with E-state index in [-0.39, 0.29) is 0 Å². The van der Waals surface area contributed by atoms with Gasteiger partial charge in [0.05, 0.1) is 0 Å². The monoisotopic (exact) mass is 154 g/mol. The van der Waals surface area contributed by atoms with Gasteiger partial charge in [-0.3, -0.25) is 10.0 Å². The zero-order valence-electron chi connectivity index (χ0n) is 6.69. The van der Waals surface area contributed by atoms with Crippen LogP contribution in [-0.2, 0) is 0 Å².